The minimum Gasteiger partial charge on any atom is -0.383 e. The molecule has 0 heterocycles. The van der Waals surface area contributed by atoms with Crippen molar-refractivity contribution in [2.45, 2.75) is 13.8 Å². The Hall–Kier alpha value is -0.860. The van der Waals surface area contributed by atoms with Crippen molar-refractivity contribution in [3.63, 3.8) is 0 Å². The molecule has 1 aromatic rings. The van der Waals surface area contributed by atoms with E-state index in [1.165, 1.54) is 11.1 Å². The molecule has 0 bridgehead atoms. The number of hydrogen-bond donors (Lipinski definition) is 1. The summed E-state index contributed by atoms with van der Waals surface area (Å²) < 4.78 is 4.57. The lowest BCUT2D eigenvalue weighted by Crippen LogP contribution is -2.05. The standard InChI is InChI=1S/C8H10.C3H9NO/c1-7-4-3-5-8(2)6-7;1-5-3-2-4/h3-6H,1-2H3;2-4H2,1H3. The van der Waals surface area contributed by atoms with Gasteiger partial charge in [0.25, 0.3) is 0 Å². The van der Waals surface area contributed by atoms with Crippen LogP contribution in [0.2, 0.25) is 0 Å². The second-order valence-corrected chi connectivity index (χ2v) is 2.94. The van der Waals surface area contributed by atoms with Gasteiger partial charge in [0.1, 0.15) is 0 Å². The Labute approximate surface area is 80.7 Å². The zero-order valence-corrected chi connectivity index (χ0v) is 8.71. The maximum Gasteiger partial charge on any atom is 0.0584 e. The molecule has 0 radical (unpaired) electrons. The van der Waals surface area contributed by atoms with Gasteiger partial charge in [0.2, 0.25) is 0 Å². The van der Waals surface area contributed by atoms with Gasteiger partial charge in [-0.15, -0.1) is 0 Å². The van der Waals surface area contributed by atoms with Gasteiger partial charge in [0.05, 0.1) is 6.61 Å². The summed E-state index contributed by atoms with van der Waals surface area (Å²) in [6.45, 7) is 5.50. The third-order valence-corrected chi connectivity index (χ3v) is 1.50. The minimum atomic E-state index is 0.622. The molecular weight excluding hydrogens is 162 g/mol. The predicted molar refractivity (Wildman–Crippen MR) is 56.8 cm³/mol. The first-order valence-corrected chi connectivity index (χ1v) is 4.43. The topological polar surface area (TPSA) is 35.2 Å². The third-order valence-electron chi connectivity index (χ3n) is 1.50. The van der Waals surface area contributed by atoms with E-state index in [1.54, 1.807) is 7.11 Å². The summed E-state index contributed by atoms with van der Waals surface area (Å²) >= 11 is 0. The molecule has 0 aromatic heterocycles. The molecule has 0 fully saturated rings. The highest BCUT2D eigenvalue weighted by Crippen LogP contribution is 2.00. The Morgan fingerprint density at radius 1 is 1.23 bits per heavy atom. The number of methoxy groups -OCH3 is 1. The lowest BCUT2D eigenvalue weighted by molar-refractivity contribution is 0.207. The highest BCUT2D eigenvalue weighted by atomic mass is 16.5. The van der Waals surface area contributed by atoms with Crippen molar-refractivity contribution in [2.24, 2.45) is 5.73 Å². The molecular formula is C11H19NO. The Morgan fingerprint density at radius 2 is 1.77 bits per heavy atom. The van der Waals surface area contributed by atoms with E-state index >= 15 is 0 Å². The molecule has 0 saturated heterocycles. The highest BCUT2D eigenvalue weighted by molar-refractivity contribution is 5.20. The Kier molecular flexibility index (Phi) is 7.26. The zero-order valence-electron chi connectivity index (χ0n) is 8.71. The summed E-state index contributed by atoms with van der Waals surface area (Å²) in [6.07, 6.45) is 0. The first-order valence-electron chi connectivity index (χ1n) is 4.43. The minimum absolute atomic E-state index is 0.622. The summed E-state index contributed by atoms with van der Waals surface area (Å²) in [5.41, 5.74) is 7.69. The van der Waals surface area contributed by atoms with Crippen LogP contribution in [-0.2, 0) is 4.74 Å². The van der Waals surface area contributed by atoms with Crippen LogP contribution in [0.5, 0.6) is 0 Å². The summed E-state index contributed by atoms with van der Waals surface area (Å²) in [5.74, 6) is 0. The van der Waals surface area contributed by atoms with Crippen molar-refractivity contribution in [1.29, 1.82) is 0 Å². The molecule has 0 aliphatic heterocycles. The Morgan fingerprint density at radius 3 is 1.92 bits per heavy atom. The number of ether oxygens (including phenoxy) is 1. The maximum atomic E-state index is 5.01. The average molecular weight is 181 g/mol. The summed E-state index contributed by atoms with van der Waals surface area (Å²) in [4.78, 5) is 0. The smallest absolute Gasteiger partial charge is 0.0584 e. The molecule has 1 rings (SSSR count). The molecule has 0 atom stereocenters. The van der Waals surface area contributed by atoms with E-state index in [0.717, 1.165) is 0 Å². The van der Waals surface area contributed by atoms with E-state index in [4.69, 9.17) is 5.73 Å². The van der Waals surface area contributed by atoms with Crippen LogP contribution >= 0.6 is 0 Å². The van der Waals surface area contributed by atoms with Crippen molar-refractivity contribution in [3.05, 3.63) is 35.4 Å². The fourth-order valence-corrected chi connectivity index (χ4v) is 0.925. The van der Waals surface area contributed by atoms with Crippen LogP contribution in [0.25, 0.3) is 0 Å². The number of hydrogen-bond acceptors (Lipinski definition) is 2. The second-order valence-electron chi connectivity index (χ2n) is 2.94. The van der Waals surface area contributed by atoms with Gasteiger partial charge in [-0.2, -0.15) is 0 Å². The summed E-state index contributed by atoms with van der Waals surface area (Å²) in [7, 11) is 1.63. The monoisotopic (exact) mass is 181 g/mol. The Balaban J connectivity index is 0.000000252. The van der Waals surface area contributed by atoms with E-state index in [1.807, 2.05) is 0 Å². The largest absolute Gasteiger partial charge is 0.383 e. The molecule has 2 N–H and O–H groups in total. The lowest BCUT2D eigenvalue weighted by atomic mass is 10.2. The van der Waals surface area contributed by atoms with Gasteiger partial charge in [0.15, 0.2) is 0 Å². The first kappa shape index (κ1) is 12.1. The molecule has 0 saturated carbocycles. The van der Waals surface area contributed by atoms with Crippen molar-refractivity contribution in [3.8, 4) is 0 Å². The van der Waals surface area contributed by atoms with Crippen LogP contribution in [0.15, 0.2) is 24.3 Å². The SMILES string of the molecule is COCCN.Cc1cccc(C)c1. The molecule has 13 heavy (non-hydrogen) atoms. The highest BCUT2D eigenvalue weighted by Gasteiger charge is 1.80. The molecule has 0 aliphatic carbocycles. The first-order chi connectivity index (χ1) is 6.20. The molecule has 1 aromatic carbocycles. The van der Waals surface area contributed by atoms with Gasteiger partial charge in [-0.1, -0.05) is 35.4 Å². The molecule has 74 valence electrons. The van der Waals surface area contributed by atoms with Crippen LogP contribution < -0.4 is 5.73 Å². The van der Waals surface area contributed by atoms with Crippen molar-refractivity contribution < 1.29 is 4.74 Å². The predicted octanol–water partition coefficient (Wildman–Crippen LogP) is 1.89. The van der Waals surface area contributed by atoms with Crippen LogP contribution in [0.4, 0.5) is 0 Å². The molecule has 0 unspecified atom stereocenters. The second kappa shape index (κ2) is 7.77. The van der Waals surface area contributed by atoms with Crippen molar-refractivity contribution in [2.75, 3.05) is 20.3 Å². The number of aryl methyl sites for hydroxylation is 2. The van der Waals surface area contributed by atoms with Crippen LogP contribution in [0, 0.1) is 13.8 Å². The van der Waals surface area contributed by atoms with Gasteiger partial charge >= 0.3 is 0 Å². The van der Waals surface area contributed by atoms with Gasteiger partial charge in [0, 0.05) is 13.7 Å². The van der Waals surface area contributed by atoms with E-state index in [2.05, 4.69) is 42.8 Å². The molecule has 2 heteroatoms. The molecule has 0 spiro atoms. The lowest BCUT2D eigenvalue weighted by Gasteiger charge is -1.90. The van der Waals surface area contributed by atoms with Crippen LogP contribution in [0.1, 0.15) is 11.1 Å². The number of rotatable bonds is 2. The van der Waals surface area contributed by atoms with E-state index in [0.29, 0.717) is 13.2 Å². The van der Waals surface area contributed by atoms with Gasteiger partial charge in [-0.25, -0.2) is 0 Å². The van der Waals surface area contributed by atoms with Gasteiger partial charge < -0.3 is 10.5 Å². The number of nitrogens with two attached hydrogens (primary N) is 1. The van der Waals surface area contributed by atoms with Crippen LogP contribution in [0.3, 0.4) is 0 Å². The third kappa shape index (κ3) is 7.50. The summed E-state index contributed by atoms with van der Waals surface area (Å²) in [5, 5.41) is 0. The Bertz CT molecular complexity index is 204. The fraction of sp³-hybridized carbons (Fsp3) is 0.455. The molecule has 0 amide bonds. The van der Waals surface area contributed by atoms with Gasteiger partial charge in [-0.3, -0.25) is 0 Å². The quantitative estimate of drug-likeness (QED) is 0.756. The maximum absolute atomic E-state index is 5.01. The fourth-order valence-electron chi connectivity index (χ4n) is 0.925. The molecule has 0 aliphatic rings. The summed E-state index contributed by atoms with van der Waals surface area (Å²) in [6, 6.07) is 8.45. The average Bonchev–Trinajstić information content (AvgIpc) is 2.06. The molecule has 2 nitrogen and oxygen atoms in total. The van der Waals surface area contributed by atoms with Crippen molar-refractivity contribution >= 4 is 0 Å². The van der Waals surface area contributed by atoms with E-state index in [-0.39, 0.29) is 0 Å². The van der Waals surface area contributed by atoms with E-state index < -0.39 is 0 Å². The number of benzene rings is 1. The van der Waals surface area contributed by atoms with Crippen molar-refractivity contribution in [1.82, 2.24) is 0 Å². The van der Waals surface area contributed by atoms with Gasteiger partial charge in [-0.05, 0) is 13.8 Å². The zero-order chi connectivity index (χ0) is 10.1. The normalized spacial score (nSPS) is 8.92. The van der Waals surface area contributed by atoms with E-state index in [9.17, 15) is 0 Å². The van der Waals surface area contributed by atoms with Crippen LogP contribution in [-0.4, -0.2) is 20.3 Å².